The normalized spacial score (nSPS) is 16.3. The summed E-state index contributed by atoms with van der Waals surface area (Å²) in [5, 5.41) is 20.0. The second kappa shape index (κ2) is 9.45. The number of aryl methyl sites for hydroxylation is 1. The van der Waals surface area contributed by atoms with Crippen LogP contribution in [0.3, 0.4) is 0 Å². The number of aromatic amines is 1. The smallest absolute Gasteiger partial charge is 0.336 e. The first kappa shape index (κ1) is 23.9. The van der Waals surface area contributed by atoms with Crippen molar-refractivity contribution in [3.05, 3.63) is 65.1 Å². The molecule has 38 heavy (non-hydrogen) atoms. The zero-order chi connectivity index (χ0) is 26.4. The van der Waals surface area contributed by atoms with Crippen molar-refractivity contribution >= 4 is 52.0 Å². The molecule has 0 bridgehead atoms. The molecule has 1 aliphatic carbocycles. The lowest BCUT2D eigenvalue weighted by Gasteiger charge is -2.35. The van der Waals surface area contributed by atoms with E-state index in [0.717, 1.165) is 11.3 Å². The first-order chi connectivity index (χ1) is 18.4. The van der Waals surface area contributed by atoms with Crippen molar-refractivity contribution in [1.29, 1.82) is 0 Å². The zero-order valence-corrected chi connectivity index (χ0v) is 21.0. The largest absolute Gasteiger partial charge is 0.481 e. The predicted octanol–water partition coefficient (Wildman–Crippen LogP) is 3.31. The zero-order valence-electron chi connectivity index (χ0n) is 20.2. The number of H-pyrrole nitrogens is 1. The SMILES string of the molecule is COc1ccc2nccc(N(C(=O)c3cc4c(cc3C(=O)O)SCC(=O)N4)C3CCc4[nH]ncc4C3)c2n1. The molecule has 1 atom stereocenters. The van der Waals surface area contributed by atoms with Crippen LogP contribution >= 0.6 is 11.8 Å². The summed E-state index contributed by atoms with van der Waals surface area (Å²) < 4.78 is 5.33. The molecule has 0 radical (unpaired) electrons. The lowest BCUT2D eigenvalue weighted by molar-refractivity contribution is -0.113. The molecule has 1 unspecified atom stereocenters. The number of hydrogen-bond donors (Lipinski definition) is 3. The summed E-state index contributed by atoms with van der Waals surface area (Å²) >= 11 is 1.24. The Morgan fingerprint density at radius 2 is 2.08 bits per heavy atom. The minimum Gasteiger partial charge on any atom is -0.481 e. The monoisotopic (exact) mass is 530 g/mol. The highest BCUT2D eigenvalue weighted by molar-refractivity contribution is 8.00. The Balaban J connectivity index is 1.54. The lowest BCUT2D eigenvalue weighted by Crippen LogP contribution is -2.44. The van der Waals surface area contributed by atoms with Gasteiger partial charge in [0.1, 0.15) is 5.52 Å². The van der Waals surface area contributed by atoms with Crippen LogP contribution in [0, 0.1) is 0 Å². The number of nitrogens with one attached hydrogen (secondary N) is 2. The molecule has 0 spiro atoms. The molecule has 3 aromatic heterocycles. The number of aromatic carboxylic acids is 1. The van der Waals surface area contributed by atoms with Crippen molar-refractivity contribution in [3.63, 3.8) is 0 Å². The van der Waals surface area contributed by atoms with Gasteiger partial charge in [0, 0.05) is 28.9 Å². The number of hydrogen-bond acceptors (Lipinski definition) is 8. The molecular formula is C26H22N6O5S. The topological polar surface area (TPSA) is 150 Å². The molecule has 11 nitrogen and oxygen atoms in total. The fraction of sp³-hybridized carbons (Fsp3) is 0.231. The molecule has 2 amide bonds. The van der Waals surface area contributed by atoms with Gasteiger partial charge in [0.2, 0.25) is 11.8 Å². The number of rotatable bonds is 5. The van der Waals surface area contributed by atoms with Crippen LogP contribution in [0.25, 0.3) is 11.0 Å². The molecule has 1 aliphatic heterocycles. The summed E-state index contributed by atoms with van der Waals surface area (Å²) in [6.45, 7) is 0. The van der Waals surface area contributed by atoms with Crippen LogP contribution in [-0.4, -0.2) is 62.0 Å². The van der Waals surface area contributed by atoms with Gasteiger partial charge in [-0.3, -0.25) is 19.7 Å². The second-order valence-electron chi connectivity index (χ2n) is 9.03. The van der Waals surface area contributed by atoms with Gasteiger partial charge < -0.3 is 20.1 Å². The Morgan fingerprint density at radius 3 is 2.89 bits per heavy atom. The number of carbonyl (C=O) groups is 3. The average Bonchev–Trinajstić information content (AvgIpc) is 3.40. The van der Waals surface area contributed by atoms with Crippen molar-refractivity contribution in [3.8, 4) is 5.88 Å². The maximum absolute atomic E-state index is 14.4. The Kier molecular flexibility index (Phi) is 5.95. The van der Waals surface area contributed by atoms with Gasteiger partial charge in [-0.2, -0.15) is 5.10 Å². The van der Waals surface area contributed by atoms with Crippen molar-refractivity contribution in [2.24, 2.45) is 0 Å². The lowest BCUT2D eigenvalue weighted by atomic mass is 9.91. The van der Waals surface area contributed by atoms with E-state index in [1.807, 2.05) is 0 Å². The number of fused-ring (bicyclic) bond motifs is 3. The van der Waals surface area contributed by atoms with Gasteiger partial charge in [-0.25, -0.2) is 9.78 Å². The standard InChI is InChI=1S/C26H22N6O5S/c1-37-23-5-4-18-24(30-23)20(6-7-27-18)32(14-2-3-17-13(8-14)11-28-31-17)25(34)15-9-19-21(10-16(15)26(35)36)38-12-22(33)29-19/h4-7,9-11,14H,2-3,8,12H2,1H3,(H,28,31)(H,29,33)(H,35,36). The second-order valence-corrected chi connectivity index (χ2v) is 10.1. The quantitative estimate of drug-likeness (QED) is 0.353. The molecule has 3 N–H and O–H groups in total. The molecule has 0 fully saturated rings. The summed E-state index contributed by atoms with van der Waals surface area (Å²) in [5.74, 6) is -1.41. The number of ether oxygens (including phenoxy) is 1. The highest BCUT2D eigenvalue weighted by atomic mass is 32.2. The highest BCUT2D eigenvalue weighted by Gasteiger charge is 2.35. The van der Waals surface area contributed by atoms with Gasteiger partial charge in [-0.15, -0.1) is 11.8 Å². The first-order valence-corrected chi connectivity index (χ1v) is 12.9. The van der Waals surface area contributed by atoms with E-state index in [1.165, 1.54) is 31.0 Å². The van der Waals surface area contributed by atoms with Crippen LogP contribution in [0.5, 0.6) is 5.88 Å². The van der Waals surface area contributed by atoms with Gasteiger partial charge in [0.15, 0.2) is 0 Å². The van der Waals surface area contributed by atoms with Gasteiger partial charge >= 0.3 is 5.97 Å². The third-order valence-electron chi connectivity index (χ3n) is 6.79. The maximum atomic E-state index is 14.4. The summed E-state index contributed by atoms with van der Waals surface area (Å²) in [4.78, 5) is 50.0. The molecule has 4 aromatic rings. The van der Waals surface area contributed by atoms with Gasteiger partial charge in [-0.1, -0.05) is 0 Å². The summed E-state index contributed by atoms with van der Waals surface area (Å²) in [7, 11) is 1.51. The number of nitrogens with zero attached hydrogens (tertiary/aromatic N) is 4. The van der Waals surface area contributed by atoms with E-state index in [0.29, 0.717) is 52.4 Å². The van der Waals surface area contributed by atoms with E-state index in [2.05, 4.69) is 25.5 Å². The molecule has 4 heterocycles. The highest BCUT2D eigenvalue weighted by Crippen LogP contribution is 2.37. The first-order valence-electron chi connectivity index (χ1n) is 11.9. The van der Waals surface area contributed by atoms with Crippen LogP contribution in [-0.2, 0) is 17.6 Å². The number of amides is 2. The van der Waals surface area contributed by atoms with Crippen molar-refractivity contribution in [2.45, 2.75) is 30.2 Å². The van der Waals surface area contributed by atoms with Crippen LogP contribution in [0.15, 0.2) is 47.6 Å². The van der Waals surface area contributed by atoms with E-state index in [-0.39, 0.29) is 28.8 Å². The molecular weight excluding hydrogens is 508 g/mol. The third-order valence-corrected chi connectivity index (χ3v) is 7.85. The van der Waals surface area contributed by atoms with Gasteiger partial charge in [-0.05, 0) is 49.1 Å². The number of carboxylic acid groups (broad SMARTS) is 1. The fourth-order valence-electron chi connectivity index (χ4n) is 5.00. The van der Waals surface area contributed by atoms with Crippen LogP contribution in [0.2, 0.25) is 0 Å². The fourth-order valence-corrected chi connectivity index (χ4v) is 5.83. The Labute approximate surface area is 220 Å². The Morgan fingerprint density at radius 1 is 1.21 bits per heavy atom. The molecule has 6 rings (SSSR count). The number of anilines is 2. The number of aromatic nitrogens is 4. The number of carbonyl (C=O) groups excluding carboxylic acids is 2. The minimum atomic E-state index is -1.23. The van der Waals surface area contributed by atoms with Gasteiger partial charge in [0.05, 0.1) is 47.1 Å². The van der Waals surface area contributed by atoms with Crippen molar-refractivity contribution < 1.29 is 24.2 Å². The van der Waals surface area contributed by atoms with E-state index in [1.54, 1.807) is 35.5 Å². The molecule has 0 saturated heterocycles. The average molecular weight is 531 g/mol. The Bertz CT molecular complexity index is 1620. The number of benzene rings is 1. The molecule has 1 aromatic carbocycles. The number of carboxylic acids is 1. The van der Waals surface area contributed by atoms with Crippen LogP contribution in [0.1, 0.15) is 38.4 Å². The van der Waals surface area contributed by atoms with E-state index in [9.17, 15) is 19.5 Å². The molecule has 2 aliphatic rings. The van der Waals surface area contributed by atoms with E-state index in [4.69, 9.17) is 4.74 Å². The van der Waals surface area contributed by atoms with Crippen LogP contribution < -0.4 is 15.0 Å². The predicted molar refractivity (Wildman–Crippen MR) is 140 cm³/mol. The molecule has 0 saturated carbocycles. The molecule has 12 heteroatoms. The minimum absolute atomic E-state index is 0.0232. The maximum Gasteiger partial charge on any atom is 0.336 e. The van der Waals surface area contributed by atoms with Crippen molar-refractivity contribution in [1.82, 2.24) is 20.2 Å². The third kappa shape index (κ3) is 4.12. The summed E-state index contributed by atoms with van der Waals surface area (Å²) in [6, 6.07) is 7.75. The van der Waals surface area contributed by atoms with Crippen LogP contribution in [0.4, 0.5) is 11.4 Å². The van der Waals surface area contributed by atoms with Gasteiger partial charge in [0.25, 0.3) is 5.91 Å². The molecule has 192 valence electrons. The summed E-state index contributed by atoms with van der Waals surface area (Å²) in [5.41, 5.74) is 3.78. The van der Waals surface area contributed by atoms with E-state index >= 15 is 0 Å². The Hall–Kier alpha value is -4.45. The van der Waals surface area contributed by atoms with Crippen molar-refractivity contribution in [2.75, 3.05) is 23.1 Å². The number of thioether (sulfide) groups is 1. The van der Waals surface area contributed by atoms with E-state index < -0.39 is 11.9 Å². The number of pyridine rings is 2. The summed E-state index contributed by atoms with van der Waals surface area (Å²) in [6.07, 6.45) is 5.16. The number of methoxy groups -OCH3 is 1.